The van der Waals surface area contributed by atoms with Gasteiger partial charge in [-0.25, -0.2) is 0 Å². The Morgan fingerprint density at radius 3 is 1.79 bits per heavy atom. The second kappa shape index (κ2) is 15.3. The third-order valence-corrected chi connectivity index (χ3v) is 3.58. The van der Waals surface area contributed by atoms with E-state index in [-0.39, 0.29) is 38.0 Å². The predicted octanol–water partition coefficient (Wildman–Crippen LogP) is -0.519. The molecule has 0 heterocycles. The van der Waals surface area contributed by atoms with Gasteiger partial charge < -0.3 is 24.6 Å². The number of nitrogens with zero attached hydrogens (tertiary/aromatic N) is 2. The minimum absolute atomic E-state index is 0.0505. The van der Waals surface area contributed by atoms with Crippen LogP contribution in [0.2, 0.25) is 0 Å². The molecule has 0 saturated heterocycles. The molecule has 0 fully saturated rings. The maximum absolute atomic E-state index is 11.5. The van der Waals surface area contributed by atoms with Crippen molar-refractivity contribution in [1.82, 2.24) is 9.80 Å². The van der Waals surface area contributed by atoms with Gasteiger partial charge in [0.05, 0.1) is 39.8 Å². The minimum atomic E-state index is -0.279. The third kappa shape index (κ3) is 12.2. The number of carbonyl (C=O) groups excluding carboxylic acids is 2. The summed E-state index contributed by atoms with van der Waals surface area (Å²) < 4.78 is 9.57. The molecule has 8 heteroatoms. The Morgan fingerprint density at radius 1 is 0.833 bits per heavy atom. The number of methoxy groups -OCH3 is 1. The summed E-state index contributed by atoms with van der Waals surface area (Å²) in [6, 6.07) is 0. The fourth-order valence-corrected chi connectivity index (χ4v) is 2.31. The topological polar surface area (TPSA) is 99.5 Å². The van der Waals surface area contributed by atoms with Crippen molar-refractivity contribution < 1.29 is 29.3 Å². The number of esters is 2. The molecule has 0 aromatic heterocycles. The number of hydrogen-bond acceptors (Lipinski definition) is 8. The zero-order chi connectivity index (χ0) is 18.2. The second-order valence-electron chi connectivity index (χ2n) is 5.37. The zero-order valence-corrected chi connectivity index (χ0v) is 14.9. The van der Waals surface area contributed by atoms with Crippen molar-refractivity contribution in [2.45, 2.75) is 26.2 Å². The van der Waals surface area contributed by atoms with E-state index in [0.717, 1.165) is 13.0 Å². The summed E-state index contributed by atoms with van der Waals surface area (Å²) in [5, 5.41) is 18.0. The second-order valence-corrected chi connectivity index (χ2v) is 5.37. The van der Waals surface area contributed by atoms with Crippen LogP contribution < -0.4 is 0 Å². The molecule has 0 saturated carbocycles. The van der Waals surface area contributed by atoms with Crippen LogP contribution >= 0.6 is 0 Å². The van der Waals surface area contributed by atoms with Crippen molar-refractivity contribution in [3.8, 4) is 0 Å². The number of rotatable bonds is 15. The average molecular weight is 348 g/mol. The Hall–Kier alpha value is -1.22. The first-order chi connectivity index (χ1) is 11.6. The van der Waals surface area contributed by atoms with Gasteiger partial charge in [0, 0.05) is 26.2 Å². The molecule has 0 aromatic rings. The van der Waals surface area contributed by atoms with E-state index < -0.39 is 0 Å². The lowest BCUT2D eigenvalue weighted by molar-refractivity contribution is -0.143. The van der Waals surface area contributed by atoms with Crippen LogP contribution in [0.15, 0.2) is 0 Å². The summed E-state index contributed by atoms with van der Waals surface area (Å²) in [5.41, 5.74) is 0. The maximum Gasteiger partial charge on any atom is 0.307 e. The van der Waals surface area contributed by atoms with Gasteiger partial charge in [0.2, 0.25) is 0 Å². The molecule has 142 valence electrons. The molecular formula is C16H32N2O6. The first-order valence-corrected chi connectivity index (χ1v) is 8.46. The number of aliphatic hydroxyl groups is 2. The lowest BCUT2D eigenvalue weighted by Crippen LogP contribution is -2.35. The minimum Gasteiger partial charge on any atom is -0.469 e. The molecule has 0 aliphatic heterocycles. The summed E-state index contributed by atoms with van der Waals surface area (Å²) >= 11 is 0. The Labute approximate surface area is 144 Å². The highest BCUT2D eigenvalue weighted by molar-refractivity contribution is 5.70. The quantitative estimate of drug-likeness (QED) is 0.382. The average Bonchev–Trinajstić information content (AvgIpc) is 2.57. The van der Waals surface area contributed by atoms with Crippen molar-refractivity contribution >= 4 is 11.9 Å². The molecule has 0 radical (unpaired) electrons. The first kappa shape index (κ1) is 22.8. The number of ether oxygens (including phenoxy) is 2. The van der Waals surface area contributed by atoms with Crippen molar-refractivity contribution in [2.24, 2.45) is 0 Å². The van der Waals surface area contributed by atoms with Crippen LogP contribution in [0.25, 0.3) is 0 Å². The smallest absolute Gasteiger partial charge is 0.307 e. The largest absolute Gasteiger partial charge is 0.469 e. The molecule has 0 aliphatic carbocycles. The lowest BCUT2D eigenvalue weighted by atomic mass is 10.3. The Bertz CT molecular complexity index is 335. The lowest BCUT2D eigenvalue weighted by Gasteiger charge is -2.24. The van der Waals surface area contributed by atoms with Crippen molar-refractivity contribution in [1.29, 1.82) is 0 Å². The van der Waals surface area contributed by atoms with Crippen molar-refractivity contribution in [2.75, 3.05) is 66.2 Å². The molecule has 2 N–H and O–H groups in total. The van der Waals surface area contributed by atoms with Crippen LogP contribution in [-0.2, 0) is 19.1 Å². The van der Waals surface area contributed by atoms with Crippen LogP contribution in [0.3, 0.4) is 0 Å². The van der Waals surface area contributed by atoms with Gasteiger partial charge in [0.25, 0.3) is 0 Å². The van der Waals surface area contributed by atoms with Crippen LogP contribution in [0.5, 0.6) is 0 Å². The van der Waals surface area contributed by atoms with E-state index in [1.54, 1.807) is 6.92 Å². The highest BCUT2D eigenvalue weighted by atomic mass is 16.5. The zero-order valence-electron chi connectivity index (χ0n) is 14.9. The molecule has 0 bridgehead atoms. The molecule has 24 heavy (non-hydrogen) atoms. The fourth-order valence-electron chi connectivity index (χ4n) is 2.31. The van der Waals surface area contributed by atoms with E-state index in [2.05, 4.69) is 4.74 Å². The van der Waals surface area contributed by atoms with Crippen LogP contribution in [0.1, 0.15) is 26.2 Å². The van der Waals surface area contributed by atoms with Gasteiger partial charge in [0.1, 0.15) is 0 Å². The van der Waals surface area contributed by atoms with Gasteiger partial charge in [-0.1, -0.05) is 0 Å². The van der Waals surface area contributed by atoms with Crippen LogP contribution in [-0.4, -0.2) is 98.2 Å². The number of aliphatic hydroxyl groups excluding tert-OH is 2. The van der Waals surface area contributed by atoms with Gasteiger partial charge in [-0.3, -0.25) is 14.5 Å². The van der Waals surface area contributed by atoms with Crippen molar-refractivity contribution in [3.63, 3.8) is 0 Å². The maximum atomic E-state index is 11.5. The van der Waals surface area contributed by atoms with E-state index in [4.69, 9.17) is 14.9 Å². The summed E-state index contributed by atoms with van der Waals surface area (Å²) in [7, 11) is 1.35. The van der Waals surface area contributed by atoms with Gasteiger partial charge in [-0.05, 0) is 26.4 Å². The summed E-state index contributed by atoms with van der Waals surface area (Å²) in [5.74, 6) is -0.527. The van der Waals surface area contributed by atoms with Gasteiger partial charge >= 0.3 is 11.9 Å². The van der Waals surface area contributed by atoms with Crippen LogP contribution in [0.4, 0.5) is 0 Å². The molecule has 0 atom stereocenters. The van der Waals surface area contributed by atoms with E-state index in [0.29, 0.717) is 39.3 Å². The van der Waals surface area contributed by atoms with E-state index in [1.165, 1.54) is 7.11 Å². The van der Waals surface area contributed by atoms with Crippen molar-refractivity contribution in [3.05, 3.63) is 0 Å². The molecular weight excluding hydrogens is 316 g/mol. The molecule has 0 aromatic carbocycles. The molecule has 0 spiro atoms. The highest BCUT2D eigenvalue weighted by Gasteiger charge is 2.12. The first-order valence-electron chi connectivity index (χ1n) is 8.46. The highest BCUT2D eigenvalue weighted by Crippen LogP contribution is 2.01. The summed E-state index contributed by atoms with van der Waals surface area (Å²) in [6.07, 6.45) is 1.37. The molecule has 8 nitrogen and oxygen atoms in total. The van der Waals surface area contributed by atoms with Crippen LogP contribution in [0, 0.1) is 0 Å². The Morgan fingerprint density at radius 2 is 1.33 bits per heavy atom. The molecule has 0 rings (SSSR count). The third-order valence-electron chi connectivity index (χ3n) is 3.58. The molecule has 0 unspecified atom stereocenters. The molecule has 0 aliphatic rings. The standard InChI is InChI=1S/C16H32N2O6/c1-3-24-16(22)6-10-17(9-5-15(21)23-2)7-4-8-18(11-13-19)12-14-20/h19-20H,3-14H2,1-2H3. The van der Waals surface area contributed by atoms with E-state index in [9.17, 15) is 9.59 Å². The SMILES string of the molecule is CCOC(=O)CCN(CCCN(CCO)CCO)CCC(=O)OC. The fraction of sp³-hybridized carbons (Fsp3) is 0.875. The predicted molar refractivity (Wildman–Crippen MR) is 89.6 cm³/mol. The number of carbonyl (C=O) groups is 2. The summed E-state index contributed by atoms with van der Waals surface area (Å²) in [6.45, 7) is 5.75. The van der Waals surface area contributed by atoms with Gasteiger partial charge in [-0.15, -0.1) is 0 Å². The summed E-state index contributed by atoms with van der Waals surface area (Å²) in [4.78, 5) is 26.8. The normalized spacial score (nSPS) is 11.1. The van der Waals surface area contributed by atoms with E-state index >= 15 is 0 Å². The van der Waals surface area contributed by atoms with Gasteiger partial charge in [0.15, 0.2) is 0 Å². The Balaban J connectivity index is 4.29. The Kier molecular flexibility index (Phi) is 14.5. The van der Waals surface area contributed by atoms with Gasteiger partial charge in [-0.2, -0.15) is 0 Å². The molecule has 0 amide bonds. The number of hydrogen-bond donors (Lipinski definition) is 2. The van der Waals surface area contributed by atoms with E-state index in [1.807, 2.05) is 9.80 Å². The monoisotopic (exact) mass is 348 g/mol.